The lowest BCUT2D eigenvalue weighted by atomic mass is 9.87. The Morgan fingerprint density at radius 2 is 1.17 bits per heavy atom. The van der Waals surface area contributed by atoms with Gasteiger partial charge in [0, 0.05) is 28.7 Å². The zero-order chi connectivity index (χ0) is 24.1. The minimum Gasteiger partial charge on any atom is -0.497 e. The molecule has 0 amide bonds. The molecule has 0 unspecified atom stereocenters. The molecule has 0 bridgehead atoms. The summed E-state index contributed by atoms with van der Waals surface area (Å²) in [6, 6.07) is 36.2. The zero-order valence-corrected chi connectivity index (χ0v) is 19.8. The van der Waals surface area contributed by atoms with Crippen LogP contribution in [0.15, 0.2) is 116 Å². The van der Waals surface area contributed by atoms with Gasteiger partial charge < -0.3 is 4.74 Å². The normalized spacial score (nSPS) is 11.5. The quantitative estimate of drug-likeness (QED) is 0.195. The number of benzene rings is 5. The van der Waals surface area contributed by atoms with Gasteiger partial charge in [0.05, 0.1) is 18.3 Å². The standard InChI is InChI=1S/C33H22N2O/c1-36-24-15-12-22(13-16-24)31-25-6-2-4-8-27(25)32(28-9-5-3-7-26(28)31)30-17-14-23-11-10-21-18-19-34-20-29(21)33(23)35-30/h2-20H,1H3. The highest BCUT2D eigenvalue weighted by Crippen LogP contribution is 2.43. The molecule has 0 radical (unpaired) electrons. The predicted molar refractivity (Wildman–Crippen MR) is 149 cm³/mol. The maximum atomic E-state index is 5.41. The van der Waals surface area contributed by atoms with Crippen molar-refractivity contribution in [3.63, 3.8) is 0 Å². The molecule has 5 aromatic carbocycles. The topological polar surface area (TPSA) is 35.0 Å². The SMILES string of the molecule is COc1ccc(-c2c3ccccc3c(-c3ccc4ccc5ccncc5c4n3)c3ccccc23)cc1. The number of aromatic nitrogens is 2. The van der Waals surface area contributed by atoms with E-state index >= 15 is 0 Å². The molecule has 7 rings (SSSR count). The highest BCUT2D eigenvalue weighted by Gasteiger charge is 2.17. The summed E-state index contributed by atoms with van der Waals surface area (Å²) in [5, 5.41) is 8.12. The first kappa shape index (κ1) is 20.6. The Labute approximate surface area is 208 Å². The minimum absolute atomic E-state index is 0.853. The van der Waals surface area contributed by atoms with Gasteiger partial charge in [-0.05, 0) is 62.3 Å². The van der Waals surface area contributed by atoms with Gasteiger partial charge in [-0.15, -0.1) is 0 Å². The van der Waals surface area contributed by atoms with E-state index in [9.17, 15) is 0 Å². The summed E-state index contributed by atoms with van der Waals surface area (Å²) in [7, 11) is 1.70. The molecule has 0 spiro atoms. The average molecular weight is 463 g/mol. The van der Waals surface area contributed by atoms with Crippen molar-refractivity contribution in [3.05, 3.63) is 116 Å². The van der Waals surface area contributed by atoms with Gasteiger partial charge in [0.25, 0.3) is 0 Å². The van der Waals surface area contributed by atoms with E-state index in [1.165, 1.54) is 32.7 Å². The number of rotatable bonds is 3. The lowest BCUT2D eigenvalue weighted by molar-refractivity contribution is 0.415. The molecule has 0 aliphatic rings. The first-order valence-electron chi connectivity index (χ1n) is 12.0. The third kappa shape index (κ3) is 3.14. The van der Waals surface area contributed by atoms with Crippen LogP contribution in [0.3, 0.4) is 0 Å². The molecular formula is C33H22N2O. The van der Waals surface area contributed by atoms with E-state index in [2.05, 4.69) is 89.9 Å². The van der Waals surface area contributed by atoms with E-state index in [0.29, 0.717) is 0 Å². The first-order valence-corrected chi connectivity index (χ1v) is 12.0. The van der Waals surface area contributed by atoms with Gasteiger partial charge >= 0.3 is 0 Å². The van der Waals surface area contributed by atoms with E-state index in [-0.39, 0.29) is 0 Å². The predicted octanol–water partition coefficient (Wildman–Crippen LogP) is 8.43. The van der Waals surface area contributed by atoms with Crippen LogP contribution in [-0.4, -0.2) is 17.1 Å². The van der Waals surface area contributed by atoms with Crippen molar-refractivity contribution in [1.82, 2.24) is 9.97 Å². The number of hydrogen-bond donors (Lipinski definition) is 0. The molecule has 36 heavy (non-hydrogen) atoms. The van der Waals surface area contributed by atoms with Crippen molar-refractivity contribution in [2.75, 3.05) is 7.11 Å². The number of pyridine rings is 2. The monoisotopic (exact) mass is 462 g/mol. The summed E-state index contributed by atoms with van der Waals surface area (Å²) in [5.41, 5.74) is 5.49. The largest absolute Gasteiger partial charge is 0.497 e. The fraction of sp³-hybridized carbons (Fsp3) is 0.0303. The Morgan fingerprint density at radius 1 is 0.556 bits per heavy atom. The van der Waals surface area contributed by atoms with Crippen LogP contribution in [0.25, 0.3) is 65.6 Å². The number of methoxy groups -OCH3 is 1. The lowest BCUT2D eigenvalue weighted by Gasteiger charge is -2.17. The highest BCUT2D eigenvalue weighted by molar-refractivity contribution is 6.21. The minimum atomic E-state index is 0.853. The van der Waals surface area contributed by atoms with Crippen LogP contribution >= 0.6 is 0 Å². The van der Waals surface area contributed by atoms with Crippen molar-refractivity contribution in [2.24, 2.45) is 0 Å². The molecule has 3 nitrogen and oxygen atoms in total. The van der Waals surface area contributed by atoms with Crippen LogP contribution in [-0.2, 0) is 0 Å². The summed E-state index contributed by atoms with van der Waals surface area (Å²) < 4.78 is 5.41. The molecular weight excluding hydrogens is 440 g/mol. The van der Waals surface area contributed by atoms with Gasteiger partial charge in [0.1, 0.15) is 5.75 Å². The molecule has 3 heteroatoms. The Bertz CT molecular complexity index is 1870. The van der Waals surface area contributed by atoms with Crippen molar-refractivity contribution in [1.29, 1.82) is 0 Å². The van der Waals surface area contributed by atoms with Crippen LogP contribution in [0.1, 0.15) is 0 Å². The van der Waals surface area contributed by atoms with Crippen LogP contribution in [0.5, 0.6) is 5.75 Å². The third-order valence-electron chi connectivity index (χ3n) is 7.05. The lowest BCUT2D eigenvalue weighted by Crippen LogP contribution is -1.93. The molecule has 2 heterocycles. The molecule has 0 fully saturated rings. The maximum absolute atomic E-state index is 5.41. The Balaban J connectivity index is 1.59. The molecule has 7 aromatic rings. The summed E-state index contributed by atoms with van der Waals surface area (Å²) in [4.78, 5) is 9.62. The first-order chi connectivity index (χ1) is 17.8. The molecule has 0 saturated heterocycles. The van der Waals surface area contributed by atoms with Gasteiger partial charge in [0.15, 0.2) is 0 Å². The molecule has 0 aliphatic carbocycles. The summed E-state index contributed by atoms with van der Waals surface area (Å²) in [6.07, 6.45) is 3.74. The van der Waals surface area contributed by atoms with Gasteiger partial charge in [-0.3, -0.25) is 4.98 Å². The Morgan fingerprint density at radius 3 is 1.83 bits per heavy atom. The van der Waals surface area contributed by atoms with E-state index < -0.39 is 0 Å². The van der Waals surface area contributed by atoms with Crippen LogP contribution in [0.4, 0.5) is 0 Å². The van der Waals surface area contributed by atoms with Gasteiger partial charge in [-0.1, -0.05) is 78.9 Å². The maximum Gasteiger partial charge on any atom is 0.118 e. The summed E-state index contributed by atoms with van der Waals surface area (Å²) in [6.45, 7) is 0. The number of fused-ring (bicyclic) bond motifs is 5. The molecule has 170 valence electrons. The summed E-state index contributed by atoms with van der Waals surface area (Å²) in [5.74, 6) is 0.853. The van der Waals surface area contributed by atoms with Gasteiger partial charge in [-0.2, -0.15) is 0 Å². The van der Waals surface area contributed by atoms with Crippen molar-refractivity contribution < 1.29 is 4.74 Å². The van der Waals surface area contributed by atoms with E-state index in [1.54, 1.807) is 7.11 Å². The van der Waals surface area contributed by atoms with Crippen molar-refractivity contribution in [3.8, 4) is 28.1 Å². The van der Waals surface area contributed by atoms with Crippen LogP contribution < -0.4 is 4.74 Å². The van der Waals surface area contributed by atoms with E-state index in [0.717, 1.165) is 38.7 Å². The fourth-order valence-corrected chi connectivity index (χ4v) is 5.36. The second-order valence-corrected chi connectivity index (χ2v) is 9.00. The van der Waals surface area contributed by atoms with Crippen molar-refractivity contribution >= 4 is 43.2 Å². The fourth-order valence-electron chi connectivity index (χ4n) is 5.36. The smallest absolute Gasteiger partial charge is 0.118 e. The number of nitrogens with zero attached hydrogens (tertiary/aromatic N) is 2. The average Bonchev–Trinajstić information content (AvgIpc) is 2.95. The van der Waals surface area contributed by atoms with E-state index in [1.807, 2.05) is 30.6 Å². The molecule has 0 atom stereocenters. The molecule has 0 aliphatic heterocycles. The molecule has 2 aromatic heterocycles. The van der Waals surface area contributed by atoms with Gasteiger partial charge in [0.2, 0.25) is 0 Å². The second kappa shape index (κ2) is 8.17. The summed E-state index contributed by atoms with van der Waals surface area (Å²) >= 11 is 0. The van der Waals surface area contributed by atoms with E-state index in [4.69, 9.17) is 9.72 Å². The van der Waals surface area contributed by atoms with Crippen LogP contribution in [0, 0.1) is 0 Å². The van der Waals surface area contributed by atoms with Gasteiger partial charge in [-0.25, -0.2) is 4.98 Å². The Kier molecular flexibility index (Phi) is 4.68. The zero-order valence-electron chi connectivity index (χ0n) is 19.8. The number of ether oxygens (including phenoxy) is 1. The Hall–Kier alpha value is -4.76. The third-order valence-corrected chi connectivity index (χ3v) is 7.05. The number of hydrogen-bond acceptors (Lipinski definition) is 3. The molecule has 0 saturated carbocycles. The highest BCUT2D eigenvalue weighted by atomic mass is 16.5. The second-order valence-electron chi connectivity index (χ2n) is 9.00. The molecule has 0 N–H and O–H groups in total. The van der Waals surface area contributed by atoms with Crippen molar-refractivity contribution in [2.45, 2.75) is 0 Å². The van der Waals surface area contributed by atoms with Crippen LogP contribution in [0.2, 0.25) is 0 Å².